The molecule has 0 saturated heterocycles. The zero-order valence-electron chi connectivity index (χ0n) is 6.75. The Morgan fingerprint density at radius 2 is 1.91 bits per heavy atom. The molecule has 0 aromatic heterocycles. The molecule has 0 bridgehead atoms. The van der Waals surface area contributed by atoms with Crippen LogP contribution in [0, 0.1) is 5.92 Å². The Morgan fingerprint density at radius 1 is 1.27 bits per heavy atom. The van der Waals surface area contributed by atoms with Gasteiger partial charge < -0.3 is 5.32 Å². The smallest absolute Gasteiger partial charge is 0.0342 e. The van der Waals surface area contributed by atoms with Crippen molar-refractivity contribution in [2.75, 3.05) is 5.32 Å². The van der Waals surface area contributed by atoms with E-state index in [1.54, 1.807) is 0 Å². The van der Waals surface area contributed by atoms with E-state index in [2.05, 4.69) is 36.5 Å². The van der Waals surface area contributed by atoms with Gasteiger partial charge in [0, 0.05) is 11.7 Å². The lowest BCUT2D eigenvalue weighted by Crippen LogP contribution is -2.02. The van der Waals surface area contributed by atoms with Crippen LogP contribution in [-0.2, 0) is 0 Å². The first-order valence-electron chi connectivity index (χ1n) is 4.18. The van der Waals surface area contributed by atoms with Gasteiger partial charge in [0.05, 0.1) is 0 Å². The number of para-hydroxylation sites is 1. The molecule has 1 N–H and O–H groups in total. The van der Waals surface area contributed by atoms with Gasteiger partial charge in [-0.2, -0.15) is 0 Å². The van der Waals surface area contributed by atoms with Gasteiger partial charge in [-0.15, -0.1) is 0 Å². The van der Waals surface area contributed by atoms with E-state index in [0.717, 1.165) is 12.0 Å². The summed E-state index contributed by atoms with van der Waals surface area (Å²) in [5.41, 5.74) is 1.25. The van der Waals surface area contributed by atoms with Crippen LogP contribution in [0.4, 0.5) is 5.69 Å². The Kier molecular flexibility index (Phi) is 1.57. The lowest BCUT2D eigenvalue weighted by Gasteiger charge is -2.02. The molecule has 58 valence electrons. The van der Waals surface area contributed by atoms with Crippen molar-refractivity contribution in [3.63, 3.8) is 0 Å². The van der Waals surface area contributed by atoms with Crippen molar-refractivity contribution in [2.45, 2.75) is 19.4 Å². The third-order valence-electron chi connectivity index (χ3n) is 2.24. The maximum atomic E-state index is 3.47. The van der Waals surface area contributed by atoms with Gasteiger partial charge in [0.1, 0.15) is 0 Å². The maximum absolute atomic E-state index is 3.47. The fraction of sp³-hybridized carbons (Fsp3) is 0.400. The fourth-order valence-electron chi connectivity index (χ4n) is 1.27. The quantitative estimate of drug-likeness (QED) is 0.677. The fourth-order valence-corrected chi connectivity index (χ4v) is 1.27. The van der Waals surface area contributed by atoms with Crippen molar-refractivity contribution in [1.29, 1.82) is 0 Å². The SMILES string of the molecule is C[C@H]1C[C@H]1Nc1ccccc1. The van der Waals surface area contributed by atoms with Gasteiger partial charge in [0.15, 0.2) is 0 Å². The van der Waals surface area contributed by atoms with Crippen molar-refractivity contribution in [3.05, 3.63) is 30.3 Å². The molecule has 0 aliphatic heterocycles. The monoisotopic (exact) mass is 147 g/mol. The molecule has 1 heteroatoms. The van der Waals surface area contributed by atoms with Gasteiger partial charge in [-0.25, -0.2) is 0 Å². The van der Waals surface area contributed by atoms with Crippen LogP contribution in [-0.4, -0.2) is 6.04 Å². The number of hydrogen-bond acceptors (Lipinski definition) is 1. The maximum Gasteiger partial charge on any atom is 0.0342 e. The second-order valence-electron chi connectivity index (χ2n) is 3.33. The minimum atomic E-state index is 0.734. The molecule has 0 amide bonds. The highest BCUT2D eigenvalue weighted by Gasteiger charge is 2.31. The van der Waals surface area contributed by atoms with Crippen LogP contribution in [0.5, 0.6) is 0 Å². The largest absolute Gasteiger partial charge is 0.382 e. The summed E-state index contributed by atoms with van der Waals surface area (Å²) in [4.78, 5) is 0. The van der Waals surface area contributed by atoms with Crippen LogP contribution in [0.15, 0.2) is 30.3 Å². The second kappa shape index (κ2) is 2.57. The van der Waals surface area contributed by atoms with E-state index in [0.29, 0.717) is 0 Å². The molecule has 1 fully saturated rings. The van der Waals surface area contributed by atoms with Gasteiger partial charge in [-0.1, -0.05) is 25.1 Å². The molecule has 1 aromatic rings. The summed E-state index contributed by atoms with van der Waals surface area (Å²) >= 11 is 0. The number of rotatable bonds is 2. The summed E-state index contributed by atoms with van der Waals surface area (Å²) in [6.45, 7) is 2.28. The average molecular weight is 147 g/mol. The van der Waals surface area contributed by atoms with Crippen molar-refractivity contribution in [1.82, 2.24) is 0 Å². The first-order chi connectivity index (χ1) is 5.36. The number of nitrogens with one attached hydrogen (secondary N) is 1. The number of benzene rings is 1. The van der Waals surface area contributed by atoms with E-state index in [1.165, 1.54) is 12.1 Å². The summed E-state index contributed by atoms with van der Waals surface area (Å²) < 4.78 is 0. The van der Waals surface area contributed by atoms with E-state index >= 15 is 0 Å². The summed E-state index contributed by atoms with van der Waals surface area (Å²) in [7, 11) is 0. The van der Waals surface area contributed by atoms with Crippen molar-refractivity contribution in [3.8, 4) is 0 Å². The summed E-state index contributed by atoms with van der Waals surface area (Å²) in [5, 5.41) is 3.47. The Labute approximate surface area is 67.4 Å². The Hall–Kier alpha value is -0.980. The van der Waals surface area contributed by atoms with Crippen LogP contribution < -0.4 is 5.32 Å². The zero-order valence-corrected chi connectivity index (χ0v) is 6.75. The number of hydrogen-bond donors (Lipinski definition) is 1. The molecular weight excluding hydrogens is 134 g/mol. The lowest BCUT2D eigenvalue weighted by atomic mass is 10.3. The summed E-state index contributed by atoms with van der Waals surface area (Å²) in [6.07, 6.45) is 1.33. The van der Waals surface area contributed by atoms with E-state index in [4.69, 9.17) is 0 Å². The molecule has 2 rings (SSSR count). The molecule has 0 radical (unpaired) electrons. The van der Waals surface area contributed by atoms with E-state index in [9.17, 15) is 0 Å². The van der Waals surface area contributed by atoms with Gasteiger partial charge in [0.2, 0.25) is 0 Å². The number of anilines is 1. The molecule has 0 unspecified atom stereocenters. The first-order valence-corrected chi connectivity index (χ1v) is 4.18. The van der Waals surface area contributed by atoms with Crippen LogP contribution in [0.1, 0.15) is 13.3 Å². The van der Waals surface area contributed by atoms with Crippen LogP contribution >= 0.6 is 0 Å². The predicted octanol–water partition coefficient (Wildman–Crippen LogP) is 2.51. The Balaban J connectivity index is 1.97. The summed E-state index contributed by atoms with van der Waals surface area (Å²) in [6, 6.07) is 11.1. The van der Waals surface area contributed by atoms with Gasteiger partial charge in [0.25, 0.3) is 0 Å². The first kappa shape index (κ1) is 6.71. The predicted molar refractivity (Wildman–Crippen MR) is 47.6 cm³/mol. The minimum absolute atomic E-state index is 0.734. The molecule has 11 heavy (non-hydrogen) atoms. The standard InChI is InChI=1S/C10H13N/c1-8-7-10(8)11-9-5-3-2-4-6-9/h2-6,8,10-11H,7H2,1H3/t8-,10+/m0/s1. The molecule has 1 aliphatic rings. The molecule has 1 aromatic carbocycles. The third kappa shape index (κ3) is 1.53. The van der Waals surface area contributed by atoms with E-state index in [1.807, 2.05) is 6.07 Å². The van der Waals surface area contributed by atoms with Crippen molar-refractivity contribution in [2.24, 2.45) is 5.92 Å². The van der Waals surface area contributed by atoms with Crippen LogP contribution in [0.25, 0.3) is 0 Å². The second-order valence-corrected chi connectivity index (χ2v) is 3.33. The van der Waals surface area contributed by atoms with Crippen LogP contribution in [0.2, 0.25) is 0 Å². The van der Waals surface area contributed by atoms with Crippen molar-refractivity contribution >= 4 is 5.69 Å². The van der Waals surface area contributed by atoms with Gasteiger partial charge >= 0.3 is 0 Å². The average Bonchev–Trinajstić information content (AvgIpc) is 2.69. The Morgan fingerprint density at radius 3 is 2.45 bits per heavy atom. The van der Waals surface area contributed by atoms with Gasteiger partial charge in [-0.3, -0.25) is 0 Å². The topological polar surface area (TPSA) is 12.0 Å². The molecular formula is C10H13N. The zero-order chi connectivity index (χ0) is 7.68. The molecule has 2 atom stereocenters. The highest BCUT2D eigenvalue weighted by atomic mass is 15.0. The minimum Gasteiger partial charge on any atom is -0.382 e. The summed E-state index contributed by atoms with van der Waals surface area (Å²) in [5.74, 6) is 0.871. The third-order valence-corrected chi connectivity index (χ3v) is 2.24. The van der Waals surface area contributed by atoms with Gasteiger partial charge in [-0.05, 0) is 24.5 Å². The van der Waals surface area contributed by atoms with E-state index < -0.39 is 0 Å². The van der Waals surface area contributed by atoms with E-state index in [-0.39, 0.29) is 0 Å². The molecule has 0 heterocycles. The highest BCUT2D eigenvalue weighted by molar-refractivity contribution is 5.44. The molecule has 1 aliphatic carbocycles. The van der Waals surface area contributed by atoms with Crippen molar-refractivity contribution < 1.29 is 0 Å². The Bertz CT molecular complexity index is 230. The molecule has 1 saturated carbocycles. The molecule has 0 spiro atoms. The highest BCUT2D eigenvalue weighted by Crippen LogP contribution is 2.32. The molecule has 1 nitrogen and oxygen atoms in total. The van der Waals surface area contributed by atoms with Crippen LogP contribution in [0.3, 0.4) is 0 Å². The lowest BCUT2D eigenvalue weighted by molar-refractivity contribution is 0.929. The normalized spacial score (nSPS) is 28.1.